The van der Waals surface area contributed by atoms with E-state index in [1.165, 1.54) is 32.1 Å². The van der Waals surface area contributed by atoms with E-state index in [1.807, 2.05) is 0 Å². The first-order valence-corrected chi connectivity index (χ1v) is 9.81. The summed E-state index contributed by atoms with van der Waals surface area (Å²) in [6, 6.07) is 0. The second-order valence-electron chi connectivity index (χ2n) is 9.31. The molecule has 2 saturated heterocycles. The van der Waals surface area contributed by atoms with Crippen molar-refractivity contribution in [2.45, 2.75) is 78.9 Å². The largest absolute Gasteiger partial charge is 0.375 e. The summed E-state index contributed by atoms with van der Waals surface area (Å²) in [6.07, 6.45) is 7.13. The third-order valence-corrected chi connectivity index (χ3v) is 5.30. The smallest absolute Gasteiger partial charge is 0.0902 e. The summed E-state index contributed by atoms with van der Waals surface area (Å²) in [6.45, 7) is 15.5. The molecule has 2 heterocycles. The first-order valence-electron chi connectivity index (χ1n) is 9.81. The maximum atomic E-state index is 6.12. The molecule has 4 atom stereocenters. The average molecular weight is 326 g/mol. The van der Waals surface area contributed by atoms with Gasteiger partial charge >= 0.3 is 0 Å². The van der Waals surface area contributed by atoms with Gasteiger partial charge in [0, 0.05) is 18.4 Å². The molecule has 0 bridgehead atoms. The van der Waals surface area contributed by atoms with Crippen LogP contribution in [0.4, 0.5) is 0 Å². The van der Waals surface area contributed by atoms with Crippen molar-refractivity contribution in [2.24, 2.45) is 23.2 Å². The number of hydrogen-bond acceptors (Lipinski definition) is 3. The Morgan fingerprint density at radius 3 is 2.30 bits per heavy atom. The van der Waals surface area contributed by atoms with Crippen LogP contribution in [-0.4, -0.2) is 38.5 Å². The van der Waals surface area contributed by atoms with Crippen LogP contribution in [0.15, 0.2) is 0 Å². The molecule has 3 heteroatoms. The van der Waals surface area contributed by atoms with E-state index in [4.69, 9.17) is 9.47 Å². The van der Waals surface area contributed by atoms with Crippen molar-refractivity contribution in [1.82, 2.24) is 5.32 Å². The number of ether oxygens (including phenoxy) is 2. The van der Waals surface area contributed by atoms with Gasteiger partial charge in [0.2, 0.25) is 0 Å². The molecular formula is C20H39NO2. The maximum absolute atomic E-state index is 6.12. The highest BCUT2D eigenvalue weighted by atomic mass is 16.6. The molecule has 2 aliphatic rings. The molecule has 0 saturated carbocycles. The van der Waals surface area contributed by atoms with Crippen LogP contribution in [0.1, 0.15) is 66.7 Å². The standard InChI is InChI=1S/C20H39NO2/c1-15(2)8-7-11-21-12-17-14-23-18-16(13-22-19(17)18)9-6-10-20(3,4)5/h15-19,21H,6-14H2,1-5H3. The van der Waals surface area contributed by atoms with E-state index in [0.29, 0.717) is 29.5 Å². The minimum Gasteiger partial charge on any atom is -0.375 e. The van der Waals surface area contributed by atoms with Gasteiger partial charge < -0.3 is 14.8 Å². The fourth-order valence-corrected chi connectivity index (χ4v) is 3.90. The third-order valence-electron chi connectivity index (χ3n) is 5.30. The molecule has 2 aliphatic heterocycles. The van der Waals surface area contributed by atoms with E-state index in [0.717, 1.165) is 32.2 Å². The van der Waals surface area contributed by atoms with E-state index in [-0.39, 0.29) is 0 Å². The molecule has 1 N–H and O–H groups in total. The fraction of sp³-hybridized carbons (Fsp3) is 1.00. The number of fused-ring (bicyclic) bond motifs is 1. The van der Waals surface area contributed by atoms with Crippen LogP contribution in [0.2, 0.25) is 0 Å². The second kappa shape index (κ2) is 8.82. The monoisotopic (exact) mass is 325 g/mol. The van der Waals surface area contributed by atoms with Crippen LogP contribution in [-0.2, 0) is 9.47 Å². The van der Waals surface area contributed by atoms with E-state index in [1.54, 1.807) is 0 Å². The lowest BCUT2D eigenvalue weighted by atomic mass is 9.86. The van der Waals surface area contributed by atoms with Gasteiger partial charge in [-0.1, -0.05) is 41.0 Å². The molecule has 4 unspecified atom stereocenters. The zero-order chi connectivity index (χ0) is 16.9. The van der Waals surface area contributed by atoms with Crippen molar-refractivity contribution in [2.75, 3.05) is 26.3 Å². The van der Waals surface area contributed by atoms with Crippen molar-refractivity contribution >= 4 is 0 Å². The average Bonchev–Trinajstić information content (AvgIpc) is 3.00. The normalized spacial score (nSPS) is 31.0. The number of nitrogens with one attached hydrogen (secondary N) is 1. The Labute approximate surface area is 143 Å². The van der Waals surface area contributed by atoms with Crippen LogP contribution in [0.3, 0.4) is 0 Å². The van der Waals surface area contributed by atoms with Crippen molar-refractivity contribution in [3.05, 3.63) is 0 Å². The molecule has 0 spiro atoms. The topological polar surface area (TPSA) is 30.5 Å². The van der Waals surface area contributed by atoms with Gasteiger partial charge in [-0.25, -0.2) is 0 Å². The van der Waals surface area contributed by atoms with Gasteiger partial charge in [0.15, 0.2) is 0 Å². The summed E-state index contributed by atoms with van der Waals surface area (Å²) in [7, 11) is 0. The van der Waals surface area contributed by atoms with Gasteiger partial charge in [-0.2, -0.15) is 0 Å². The highest BCUT2D eigenvalue weighted by molar-refractivity contribution is 4.94. The fourth-order valence-electron chi connectivity index (χ4n) is 3.90. The predicted octanol–water partition coefficient (Wildman–Crippen LogP) is 4.26. The van der Waals surface area contributed by atoms with E-state index < -0.39 is 0 Å². The Bertz CT molecular complexity index is 337. The Morgan fingerprint density at radius 2 is 1.65 bits per heavy atom. The molecule has 0 amide bonds. The lowest BCUT2D eigenvalue weighted by Gasteiger charge is -2.20. The molecule has 23 heavy (non-hydrogen) atoms. The summed E-state index contributed by atoms with van der Waals surface area (Å²) in [4.78, 5) is 0. The van der Waals surface area contributed by atoms with Gasteiger partial charge in [0.05, 0.1) is 25.4 Å². The maximum Gasteiger partial charge on any atom is 0.0902 e. The van der Waals surface area contributed by atoms with E-state index >= 15 is 0 Å². The number of hydrogen-bond donors (Lipinski definition) is 1. The Kier molecular flexibility index (Phi) is 7.37. The molecule has 0 aromatic rings. The minimum absolute atomic E-state index is 0.340. The highest BCUT2D eigenvalue weighted by Crippen LogP contribution is 2.37. The third kappa shape index (κ3) is 6.36. The van der Waals surface area contributed by atoms with Crippen molar-refractivity contribution < 1.29 is 9.47 Å². The van der Waals surface area contributed by atoms with Gasteiger partial charge in [0.1, 0.15) is 0 Å². The van der Waals surface area contributed by atoms with Gasteiger partial charge in [-0.3, -0.25) is 0 Å². The number of rotatable bonds is 9. The summed E-state index contributed by atoms with van der Waals surface area (Å²) in [5.74, 6) is 1.97. The molecule has 3 nitrogen and oxygen atoms in total. The van der Waals surface area contributed by atoms with Crippen molar-refractivity contribution in [3.63, 3.8) is 0 Å². The van der Waals surface area contributed by atoms with Crippen LogP contribution < -0.4 is 5.32 Å². The molecule has 2 fully saturated rings. The van der Waals surface area contributed by atoms with Crippen LogP contribution in [0.25, 0.3) is 0 Å². The first-order chi connectivity index (χ1) is 10.9. The van der Waals surface area contributed by atoms with E-state index in [2.05, 4.69) is 39.9 Å². The molecule has 0 aromatic heterocycles. The lowest BCUT2D eigenvalue weighted by Crippen LogP contribution is -2.33. The lowest BCUT2D eigenvalue weighted by molar-refractivity contribution is 0.0593. The summed E-state index contributed by atoms with van der Waals surface area (Å²) < 4.78 is 12.2. The Morgan fingerprint density at radius 1 is 1.00 bits per heavy atom. The first kappa shape index (κ1) is 19.2. The van der Waals surface area contributed by atoms with Crippen molar-refractivity contribution in [3.8, 4) is 0 Å². The van der Waals surface area contributed by atoms with Crippen LogP contribution >= 0.6 is 0 Å². The summed E-state index contributed by atoms with van der Waals surface area (Å²) in [5.41, 5.74) is 0.442. The SMILES string of the molecule is CC(C)CCCNCC1COC2C(CCCC(C)(C)C)COC12. The predicted molar refractivity (Wildman–Crippen MR) is 96.7 cm³/mol. The molecule has 0 aromatic carbocycles. The molecule has 136 valence electrons. The highest BCUT2D eigenvalue weighted by Gasteiger charge is 2.46. The zero-order valence-electron chi connectivity index (χ0n) is 16.1. The second-order valence-corrected chi connectivity index (χ2v) is 9.31. The molecule has 0 radical (unpaired) electrons. The summed E-state index contributed by atoms with van der Waals surface area (Å²) >= 11 is 0. The minimum atomic E-state index is 0.340. The Balaban J connectivity index is 1.64. The molecular weight excluding hydrogens is 286 g/mol. The van der Waals surface area contributed by atoms with Crippen LogP contribution in [0, 0.1) is 23.2 Å². The Hall–Kier alpha value is -0.120. The van der Waals surface area contributed by atoms with E-state index in [9.17, 15) is 0 Å². The molecule has 0 aliphatic carbocycles. The zero-order valence-corrected chi connectivity index (χ0v) is 16.1. The van der Waals surface area contributed by atoms with Gasteiger partial charge in [0.25, 0.3) is 0 Å². The molecule has 2 rings (SSSR count). The quantitative estimate of drug-likeness (QED) is 0.643. The van der Waals surface area contributed by atoms with Crippen molar-refractivity contribution in [1.29, 1.82) is 0 Å². The van der Waals surface area contributed by atoms with Gasteiger partial charge in [-0.05, 0) is 43.6 Å². The van der Waals surface area contributed by atoms with Gasteiger partial charge in [-0.15, -0.1) is 0 Å². The van der Waals surface area contributed by atoms with Crippen LogP contribution in [0.5, 0.6) is 0 Å². The summed E-state index contributed by atoms with van der Waals surface area (Å²) in [5, 5.41) is 3.61.